The fraction of sp³-hybridized carbons (Fsp3) is 0. The van der Waals surface area contributed by atoms with E-state index >= 15 is 0 Å². The van der Waals surface area contributed by atoms with Gasteiger partial charge in [0.1, 0.15) is 11.1 Å². The van der Waals surface area contributed by atoms with Crippen molar-refractivity contribution in [1.29, 1.82) is 5.26 Å². The average Bonchev–Trinajstić information content (AvgIpc) is 3.04. The summed E-state index contributed by atoms with van der Waals surface area (Å²) in [6.45, 7) is 0. The maximum atomic E-state index is 9.37. The van der Waals surface area contributed by atoms with Gasteiger partial charge in [0, 0.05) is 28.4 Å². The van der Waals surface area contributed by atoms with E-state index in [9.17, 15) is 5.26 Å². The molecule has 0 spiro atoms. The molecular formula is C17H10ClN3S. The summed E-state index contributed by atoms with van der Waals surface area (Å²) in [4.78, 5) is 8.58. The van der Waals surface area contributed by atoms with E-state index in [1.54, 1.807) is 18.5 Å². The topological polar surface area (TPSA) is 49.6 Å². The van der Waals surface area contributed by atoms with E-state index in [1.807, 2.05) is 41.8 Å². The molecule has 5 heteroatoms. The quantitative estimate of drug-likeness (QED) is 0.642. The van der Waals surface area contributed by atoms with Gasteiger partial charge in [-0.25, -0.2) is 4.98 Å². The van der Waals surface area contributed by atoms with Crippen LogP contribution in [0.5, 0.6) is 0 Å². The maximum absolute atomic E-state index is 9.37. The molecule has 0 saturated heterocycles. The van der Waals surface area contributed by atoms with Crippen molar-refractivity contribution in [2.75, 3.05) is 0 Å². The van der Waals surface area contributed by atoms with Crippen LogP contribution in [0.4, 0.5) is 0 Å². The number of nitriles is 1. The molecule has 3 aromatic rings. The molecule has 0 fully saturated rings. The Morgan fingerprint density at radius 1 is 1.23 bits per heavy atom. The third kappa shape index (κ3) is 3.22. The first-order valence-corrected chi connectivity index (χ1v) is 7.76. The van der Waals surface area contributed by atoms with Crippen molar-refractivity contribution in [3.8, 4) is 17.3 Å². The van der Waals surface area contributed by atoms with Crippen molar-refractivity contribution >= 4 is 34.6 Å². The van der Waals surface area contributed by atoms with Crippen LogP contribution in [0, 0.1) is 11.3 Å². The Labute approximate surface area is 137 Å². The van der Waals surface area contributed by atoms with Crippen LogP contribution >= 0.6 is 22.9 Å². The van der Waals surface area contributed by atoms with Crippen molar-refractivity contribution in [1.82, 2.24) is 9.97 Å². The second kappa shape index (κ2) is 6.52. The molecule has 0 bridgehead atoms. The molecule has 22 heavy (non-hydrogen) atoms. The van der Waals surface area contributed by atoms with Crippen molar-refractivity contribution in [2.24, 2.45) is 0 Å². The van der Waals surface area contributed by atoms with Gasteiger partial charge in [0.25, 0.3) is 0 Å². The summed E-state index contributed by atoms with van der Waals surface area (Å²) in [6, 6.07) is 13.4. The van der Waals surface area contributed by atoms with Gasteiger partial charge in [-0.3, -0.25) is 4.98 Å². The molecule has 106 valence electrons. The molecule has 2 heterocycles. The first-order chi connectivity index (χ1) is 10.8. The monoisotopic (exact) mass is 323 g/mol. The van der Waals surface area contributed by atoms with Crippen molar-refractivity contribution < 1.29 is 0 Å². The minimum Gasteiger partial charge on any atom is -0.264 e. The Bertz CT molecular complexity index is 846. The molecular weight excluding hydrogens is 314 g/mol. The van der Waals surface area contributed by atoms with E-state index in [0.29, 0.717) is 15.6 Å². The summed E-state index contributed by atoms with van der Waals surface area (Å²) in [7, 11) is 0. The Kier molecular flexibility index (Phi) is 4.29. The largest absolute Gasteiger partial charge is 0.264 e. The van der Waals surface area contributed by atoms with E-state index in [1.165, 1.54) is 11.3 Å². The summed E-state index contributed by atoms with van der Waals surface area (Å²) in [5, 5.41) is 12.7. The van der Waals surface area contributed by atoms with E-state index in [4.69, 9.17) is 11.6 Å². The molecule has 0 saturated carbocycles. The van der Waals surface area contributed by atoms with Gasteiger partial charge in [0.15, 0.2) is 0 Å². The average molecular weight is 324 g/mol. The normalized spacial score (nSPS) is 11.2. The fourth-order valence-corrected chi connectivity index (χ4v) is 2.84. The summed E-state index contributed by atoms with van der Waals surface area (Å²) >= 11 is 7.34. The van der Waals surface area contributed by atoms with Crippen LogP contribution in [0.1, 0.15) is 10.6 Å². The minimum atomic E-state index is 0.526. The smallest absolute Gasteiger partial charge is 0.134 e. The van der Waals surface area contributed by atoms with Crippen LogP contribution < -0.4 is 0 Å². The second-order valence-corrected chi connectivity index (χ2v) is 5.80. The number of benzene rings is 1. The molecule has 0 unspecified atom stereocenters. The number of pyridine rings is 1. The summed E-state index contributed by atoms with van der Waals surface area (Å²) in [6.07, 6.45) is 5.20. The molecule has 0 amide bonds. The standard InChI is InChI=1S/C17H10ClN3S/c18-15-5-3-13(4-6-15)16-11-22-17(21-16)14(9-19)8-12-2-1-7-20-10-12/h1-8,10-11H/b14-8+. The van der Waals surface area contributed by atoms with Gasteiger partial charge in [0.2, 0.25) is 0 Å². The zero-order valence-electron chi connectivity index (χ0n) is 11.4. The van der Waals surface area contributed by atoms with E-state index in [2.05, 4.69) is 16.0 Å². The summed E-state index contributed by atoms with van der Waals surface area (Å²) in [5.41, 5.74) is 3.22. The number of allylic oxidation sites excluding steroid dienone is 1. The second-order valence-electron chi connectivity index (χ2n) is 4.50. The van der Waals surface area contributed by atoms with Gasteiger partial charge in [0.05, 0.1) is 11.3 Å². The lowest BCUT2D eigenvalue weighted by atomic mass is 10.1. The number of hydrogen-bond donors (Lipinski definition) is 0. The highest BCUT2D eigenvalue weighted by atomic mass is 35.5. The van der Waals surface area contributed by atoms with Gasteiger partial charge < -0.3 is 0 Å². The van der Waals surface area contributed by atoms with Gasteiger partial charge in [-0.1, -0.05) is 29.8 Å². The Hall–Kier alpha value is -2.48. The molecule has 0 N–H and O–H groups in total. The van der Waals surface area contributed by atoms with Crippen LogP contribution in [0.25, 0.3) is 22.9 Å². The van der Waals surface area contributed by atoms with Crippen LogP contribution in [0.2, 0.25) is 5.02 Å². The predicted molar refractivity (Wildman–Crippen MR) is 90.3 cm³/mol. The maximum Gasteiger partial charge on any atom is 0.134 e. The fourth-order valence-electron chi connectivity index (χ4n) is 1.92. The third-order valence-corrected chi connectivity index (χ3v) is 4.12. The predicted octanol–water partition coefficient (Wildman–Crippen LogP) is 4.92. The van der Waals surface area contributed by atoms with Gasteiger partial charge >= 0.3 is 0 Å². The number of nitrogens with zero attached hydrogens (tertiary/aromatic N) is 3. The third-order valence-electron chi connectivity index (χ3n) is 2.99. The minimum absolute atomic E-state index is 0.526. The molecule has 3 nitrogen and oxygen atoms in total. The number of thiazole rings is 1. The van der Waals surface area contributed by atoms with Crippen LogP contribution in [0.3, 0.4) is 0 Å². The molecule has 0 aliphatic carbocycles. The van der Waals surface area contributed by atoms with Crippen molar-refractivity contribution in [3.63, 3.8) is 0 Å². The highest BCUT2D eigenvalue weighted by Gasteiger charge is 2.09. The molecule has 0 radical (unpaired) electrons. The molecule has 0 atom stereocenters. The number of hydrogen-bond acceptors (Lipinski definition) is 4. The lowest BCUT2D eigenvalue weighted by molar-refractivity contribution is 1.32. The van der Waals surface area contributed by atoms with Crippen molar-refractivity contribution in [3.05, 3.63) is 69.8 Å². The first kappa shape index (κ1) is 14.5. The molecule has 2 aromatic heterocycles. The lowest BCUT2D eigenvalue weighted by Gasteiger charge is -1.97. The SMILES string of the molecule is N#C/C(=C\c1cccnc1)c1nc(-c2ccc(Cl)cc2)cs1. The first-order valence-electron chi connectivity index (χ1n) is 6.50. The summed E-state index contributed by atoms with van der Waals surface area (Å²) in [5.74, 6) is 0. The molecule has 0 aliphatic heterocycles. The van der Waals surface area contributed by atoms with Gasteiger partial charge in [-0.2, -0.15) is 5.26 Å². The van der Waals surface area contributed by atoms with E-state index < -0.39 is 0 Å². The Balaban J connectivity index is 1.94. The molecule has 0 aliphatic rings. The van der Waals surface area contributed by atoms with Crippen LogP contribution in [-0.4, -0.2) is 9.97 Å². The lowest BCUT2D eigenvalue weighted by Crippen LogP contribution is -1.83. The Morgan fingerprint density at radius 2 is 2.05 bits per heavy atom. The van der Waals surface area contributed by atoms with Crippen molar-refractivity contribution in [2.45, 2.75) is 0 Å². The van der Waals surface area contributed by atoms with E-state index in [0.717, 1.165) is 16.8 Å². The highest BCUT2D eigenvalue weighted by Crippen LogP contribution is 2.27. The summed E-state index contributed by atoms with van der Waals surface area (Å²) < 4.78 is 0. The number of rotatable bonds is 3. The van der Waals surface area contributed by atoms with Crippen LogP contribution in [-0.2, 0) is 0 Å². The van der Waals surface area contributed by atoms with Gasteiger partial charge in [-0.05, 0) is 29.8 Å². The zero-order valence-corrected chi connectivity index (χ0v) is 13.0. The van der Waals surface area contributed by atoms with Gasteiger partial charge in [-0.15, -0.1) is 11.3 Å². The Morgan fingerprint density at radius 3 is 2.73 bits per heavy atom. The van der Waals surface area contributed by atoms with E-state index in [-0.39, 0.29) is 0 Å². The highest BCUT2D eigenvalue weighted by molar-refractivity contribution is 7.11. The zero-order chi connectivity index (χ0) is 15.4. The molecule has 3 rings (SSSR count). The molecule has 1 aromatic carbocycles. The van der Waals surface area contributed by atoms with Crippen LogP contribution in [0.15, 0.2) is 54.2 Å². The number of aromatic nitrogens is 2. The number of halogens is 1.